The normalized spacial score (nSPS) is 10.6. The summed E-state index contributed by atoms with van der Waals surface area (Å²) in [6, 6.07) is 3.85. The highest BCUT2D eigenvalue weighted by atomic mass is 32.1. The third-order valence-corrected chi connectivity index (χ3v) is 2.28. The summed E-state index contributed by atoms with van der Waals surface area (Å²) in [5, 5.41) is 0. The molecule has 0 saturated heterocycles. The molecule has 1 N–H and O–H groups in total. The molecule has 0 radical (unpaired) electrons. The Labute approximate surface area is 87.1 Å². The van der Waals surface area contributed by atoms with E-state index in [0.717, 1.165) is 23.3 Å². The van der Waals surface area contributed by atoms with Crippen molar-refractivity contribution in [1.82, 2.24) is 14.5 Å². The lowest BCUT2D eigenvalue weighted by Crippen LogP contribution is -1.99. The Balaban J connectivity index is 2.68. The van der Waals surface area contributed by atoms with Gasteiger partial charge in [0, 0.05) is 12.7 Å². The summed E-state index contributed by atoms with van der Waals surface area (Å²) in [7, 11) is 0. The number of hydrogen-bond donors (Lipinski definition) is 1. The molecule has 0 fully saturated rings. The second-order valence-corrected chi connectivity index (χ2v) is 3.73. The number of H-pyrrole nitrogens is 1. The highest BCUT2D eigenvalue weighted by molar-refractivity contribution is 7.71. The first-order chi connectivity index (χ1) is 6.68. The number of imidazole rings is 1. The summed E-state index contributed by atoms with van der Waals surface area (Å²) in [5.74, 6) is 0. The molecular weight excluding hydrogens is 194 g/mol. The summed E-state index contributed by atoms with van der Waals surface area (Å²) in [5.41, 5.74) is 2.92. The first-order valence-electron chi connectivity index (χ1n) is 4.36. The summed E-state index contributed by atoms with van der Waals surface area (Å²) in [6.45, 7) is 6.56. The standard InChI is InChI=1S/C10H11N3S/c1-7(2)6-13-9-8(12-10(13)14)4-3-5-11-9/h3-5H,1,6H2,2H3,(H,12,14). The number of hydrogen-bond acceptors (Lipinski definition) is 2. The first kappa shape index (κ1) is 9.15. The molecule has 0 atom stereocenters. The Morgan fingerprint density at radius 2 is 2.50 bits per heavy atom. The van der Waals surface area contributed by atoms with Crippen LogP contribution in [0, 0.1) is 4.77 Å². The molecular formula is C10H11N3S. The minimum absolute atomic E-state index is 0.696. The van der Waals surface area contributed by atoms with Crippen LogP contribution in [0.3, 0.4) is 0 Å². The van der Waals surface area contributed by atoms with Crippen molar-refractivity contribution in [2.75, 3.05) is 0 Å². The summed E-state index contributed by atoms with van der Waals surface area (Å²) >= 11 is 5.20. The number of aromatic nitrogens is 3. The Morgan fingerprint density at radius 1 is 1.71 bits per heavy atom. The fourth-order valence-corrected chi connectivity index (χ4v) is 1.67. The van der Waals surface area contributed by atoms with E-state index in [2.05, 4.69) is 16.5 Å². The number of nitrogens with one attached hydrogen (secondary N) is 1. The molecule has 0 bridgehead atoms. The molecule has 0 amide bonds. The smallest absolute Gasteiger partial charge is 0.179 e. The van der Waals surface area contributed by atoms with Gasteiger partial charge in [-0.2, -0.15) is 0 Å². The molecule has 0 aliphatic rings. The Morgan fingerprint density at radius 3 is 3.21 bits per heavy atom. The minimum atomic E-state index is 0.696. The van der Waals surface area contributed by atoms with Gasteiger partial charge in [-0.1, -0.05) is 12.2 Å². The van der Waals surface area contributed by atoms with Gasteiger partial charge in [-0.15, -0.1) is 0 Å². The molecule has 2 heterocycles. The van der Waals surface area contributed by atoms with Gasteiger partial charge in [-0.25, -0.2) is 4.98 Å². The molecule has 2 aromatic heterocycles. The van der Waals surface area contributed by atoms with Crippen molar-refractivity contribution in [2.45, 2.75) is 13.5 Å². The first-order valence-corrected chi connectivity index (χ1v) is 4.77. The Bertz CT molecular complexity index is 536. The largest absolute Gasteiger partial charge is 0.329 e. The van der Waals surface area contributed by atoms with Gasteiger partial charge in [0.2, 0.25) is 0 Å². The molecule has 0 aliphatic carbocycles. The Kier molecular flexibility index (Phi) is 2.21. The number of aromatic amines is 1. The monoisotopic (exact) mass is 205 g/mol. The van der Waals surface area contributed by atoms with Crippen LogP contribution < -0.4 is 0 Å². The van der Waals surface area contributed by atoms with Gasteiger partial charge >= 0.3 is 0 Å². The van der Waals surface area contributed by atoms with Crippen LogP contribution in [-0.4, -0.2) is 14.5 Å². The highest BCUT2D eigenvalue weighted by Gasteiger charge is 2.03. The molecule has 0 unspecified atom stereocenters. The van der Waals surface area contributed by atoms with Crippen molar-refractivity contribution < 1.29 is 0 Å². The van der Waals surface area contributed by atoms with E-state index >= 15 is 0 Å². The summed E-state index contributed by atoms with van der Waals surface area (Å²) in [4.78, 5) is 7.39. The lowest BCUT2D eigenvalue weighted by Gasteiger charge is -2.01. The molecule has 0 spiro atoms. The third kappa shape index (κ3) is 1.48. The van der Waals surface area contributed by atoms with Crippen LogP contribution in [0.25, 0.3) is 11.2 Å². The molecule has 2 aromatic rings. The van der Waals surface area contributed by atoms with E-state index in [-0.39, 0.29) is 0 Å². The molecule has 2 rings (SSSR count). The van der Waals surface area contributed by atoms with E-state index in [1.54, 1.807) is 6.20 Å². The molecule has 0 aromatic carbocycles. The maximum atomic E-state index is 5.20. The fraction of sp³-hybridized carbons (Fsp3) is 0.200. The van der Waals surface area contributed by atoms with Crippen molar-refractivity contribution in [3.8, 4) is 0 Å². The predicted molar refractivity (Wildman–Crippen MR) is 59.7 cm³/mol. The zero-order valence-corrected chi connectivity index (χ0v) is 8.77. The van der Waals surface area contributed by atoms with Gasteiger partial charge in [0.15, 0.2) is 10.4 Å². The molecule has 72 valence electrons. The van der Waals surface area contributed by atoms with E-state index in [0.29, 0.717) is 4.77 Å². The zero-order valence-electron chi connectivity index (χ0n) is 7.95. The maximum Gasteiger partial charge on any atom is 0.179 e. The van der Waals surface area contributed by atoms with E-state index in [4.69, 9.17) is 12.2 Å². The van der Waals surface area contributed by atoms with Crippen molar-refractivity contribution in [3.63, 3.8) is 0 Å². The van der Waals surface area contributed by atoms with Gasteiger partial charge in [0.25, 0.3) is 0 Å². The van der Waals surface area contributed by atoms with E-state index < -0.39 is 0 Å². The van der Waals surface area contributed by atoms with Crippen LogP contribution in [-0.2, 0) is 6.54 Å². The van der Waals surface area contributed by atoms with Gasteiger partial charge in [0.05, 0.1) is 5.52 Å². The number of rotatable bonds is 2. The maximum absolute atomic E-state index is 5.20. The van der Waals surface area contributed by atoms with E-state index in [1.165, 1.54) is 0 Å². The predicted octanol–water partition coefficient (Wildman–Crippen LogP) is 2.67. The Hall–Kier alpha value is -1.42. The van der Waals surface area contributed by atoms with E-state index in [1.807, 2.05) is 23.6 Å². The SMILES string of the molecule is C=C(C)Cn1c(=S)[nH]c2cccnc21. The molecule has 3 nitrogen and oxygen atoms in total. The van der Waals surface area contributed by atoms with Crippen LogP contribution in [0.1, 0.15) is 6.92 Å². The highest BCUT2D eigenvalue weighted by Crippen LogP contribution is 2.11. The zero-order chi connectivity index (χ0) is 10.1. The van der Waals surface area contributed by atoms with Gasteiger partial charge in [-0.05, 0) is 31.3 Å². The van der Waals surface area contributed by atoms with Crippen molar-refractivity contribution in [3.05, 3.63) is 35.3 Å². The van der Waals surface area contributed by atoms with E-state index in [9.17, 15) is 0 Å². The van der Waals surface area contributed by atoms with Crippen LogP contribution in [0.15, 0.2) is 30.5 Å². The van der Waals surface area contributed by atoms with Crippen LogP contribution in [0.5, 0.6) is 0 Å². The van der Waals surface area contributed by atoms with Crippen LogP contribution in [0.4, 0.5) is 0 Å². The van der Waals surface area contributed by atoms with Crippen molar-refractivity contribution >= 4 is 23.4 Å². The second kappa shape index (κ2) is 3.38. The average Bonchev–Trinajstić information content (AvgIpc) is 2.43. The third-order valence-electron chi connectivity index (χ3n) is 1.96. The van der Waals surface area contributed by atoms with Crippen molar-refractivity contribution in [2.24, 2.45) is 0 Å². The van der Waals surface area contributed by atoms with Crippen LogP contribution in [0.2, 0.25) is 0 Å². The summed E-state index contributed by atoms with van der Waals surface area (Å²) in [6.07, 6.45) is 1.76. The molecule has 0 aliphatic heterocycles. The molecule has 14 heavy (non-hydrogen) atoms. The number of allylic oxidation sites excluding steroid dienone is 1. The topological polar surface area (TPSA) is 33.6 Å². The van der Waals surface area contributed by atoms with Crippen LogP contribution >= 0.6 is 12.2 Å². The minimum Gasteiger partial charge on any atom is -0.329 e. The lowest BCUT2D eigenvalue weighted by atomic mass is 10.3. The lowest BCUT2D eigenvalue weighted by molar-refractivity contribution is 0.788. The molecule has 0 saturated carbocycles. The fourth-order valence-electron chi connectivity index (χ4n) is 1.41. The number of fused-ring (bicyclic) bond motifs is 1. The number of nitrogens with zero attached hydrogens (tertiary/aromatic N) is 2. The quantitative estimate of drug-likeness (QED) is 0.604. The van der Waals surface area contributed by atoms with Gasteiger partial charge in [0.1, 0.15) is 0 Å². The van der Waals surface area contributed by atoms with Crippen molar-refractivity contribution in [1.29, 1.82) is 0 Å². The second-order valence-electron chi connectivity index (χ2n) is 3.35. The van der Waals surface area contributed by atoms with Gasteiger partial charge < -0.3 is 4.98 Å². The molecule has 4 heteroatoms. The summed E-state index contributed by atoms with van der Waals surface area (Å²) < 4.78 is 2.65. The average molecular weight is 205 g/mol. The number of pyridine rings is 1. The van der Waals surface area contributed by atoms with Gasteiger partial charge in [-0.3, -0.25) is 4.57 Å².